The second-order valence-electron chi connectivity index (χ2n) is 5.89. The number of aliphatic hydroxyl groups is 1. The molecule has 1 unspecified atom stereocenters. The number of aliphatic hydroxyl groups excluding tert-OH is 1. The molecule has 1 heterocycles. The van der Waals surface area contributed by atoms with Crippen molar-refractivity contribution in [3.63, 3.8) is 0 Å². The third kappa shape index (κ3) is 3.04. The Morgan fingerprint density at radius 1 is 1.39 bits per heavy atom. The second-order valence-corrected chi connectivity index (χ2v) is 5.89. The quantitative estimate of drug-likeness (QED) is 0.709. The summed E-state index contributed by atoms with van der Waals surface area (Å²) in [4.78, 5) is 12.5. The molecule has 1 aliphatic heterocycles. The van der Waals surface area contributed by atoms with E-state index in [1.54, 1.807) is 0 Å². The fraction of sp³-hybridized carbons (Fsp3) is 0.929. The van der Waals surface area contributed by atoms with Crippen LogP contribution in [0.15, 0.2) is 0 Å². The third-order valence-corrected chi connectivity index (χ3v) is 4.66. The third-order valence-electron chi connectivity index (χ3n) is 4.66. The molecular weight excluding hydrogens is 228 g/mol. The lowest BCUT2D eigenvalue weighted by molar-refractivity contribution is -0.133. The Bertz CT molecular complexity index is 280. The minimum absolute atomic E-state index is 0.158. The summed E-state index contributed by atoms with van der Waals surface area (Å²) in [6.45, 7) is 3.95. The molecule has 0 bridgehead atoms. The van der Waals surface area contributed by atoms with Gasteiger partial charge in [0.05, 0.1) is 11.5 Å². The van der Waals surface area contributed by atoms with Gasteiger partial charge in [0.2, 0.25) is 5.91 Å². The van der Waals surface area contributed by atoms with Gasteiger partial charge < -0.3 is 15.7 Å². The van der Waals surface area contributed by atoms with Gasteiger partial charge in [0.1, 0.15) is 0 Å². The van der Waals surface area contributed by atoms with E-state index in [0.29, 0.717) is 0 Å². The molecule has 0 aromatic carbocycles. The molecule has 2 aliphatic rings. The summed E-state index contributed by atoms with van der Waals surface area (Å²) in [5.41, 5.74) is -0.200. The van der Waals surface area contributed by atoms with Crippen molar-refractivity contribution < 1.29 is 9.90 Å². The van der Waals surface area contributed by atoms with E-state index in [1.807, 2.05) is 0 Å². The molecule has 4 heteroatoms. The molecule has 1 saturated carbocycles. The highest BCUT2D eigenvalue weighted by Gasteiger charge is 2.38. The largest absolute Gasteiger partial charge is 0.393 e. The molecule has 4 nitrogen and oxygen atoms in total. The van der Waals surface area contributed by atoms with Crippen LogP contribution < -0.4 is 10.6 Å². The highest BCUT2D eigenvalue weighted by Crippen LogP contribution is 2.31. The normalized spacial score (nSPS) is 37.2. The topological polar surface area (TPSA) is 61.4 Å². The van der Waals surface area contributed by atoms with E-state index in [-0.39, 0.29) is 23.5 Å². The molecule has 0 aromatic heterocycles. The maximum atomic E-state index is 12.5. The number of carbonyl (C=O) groups excluding carboxylic acids is 1. The molecule has 1 aliphatic carbocycles. The van der Waals surface area contributed by atoms with Crippen molar-refractivity contribution >= 4 is 5.91 Å². The fourth-order valence-electron chi connectivity index (χ4n) is 3.18. The Morgan fingerprint density at radius 2 is 2.11 bits per heavy atom. The molecule has 2 fully saturated rings. The van der Waals surface area contributed by atoms with E-state index >= 15 is 0 Å². The van der Waals surface area contributed by atoms with E-state index in [9.17, 15) is 9.90 Å². The first-order valence-electron chi connectivity index (χ1n) is 7.36. The number of hydrogen-bond donors (Lipinski definition) is 3. The Morgan fingerprint density at radius 3 is 2.67 bits per heavy atom. The number of piperidine rings is 1. The zero-order valence-electron chi connectivity index (χ0n) is 11.4. The highest BCUT2D eigenvalue weighted by atomic mass is 16.3. The van der Waals surface area contributed by atoms with E-state index in [2.05, 4.69) is 17.6 Å². The zero-order chi connectivity index (χ0) is 13.0. The summed E-state index contributed by atoms with van der Waals surface area (Å²) in [7, 11) is 0. The van der Waals surface area contributed by atoms with Crippen LogP contribution in [0.3, 0.4) is 0 Å². The van der Waals surface area contributed by atoms with Crippen molar-refractivity contribution in [3.05, 3.63) is 0 Å². The van der Waals surface area contributed by atoms with Crippen LogP contribution in [-0.2, 0) is 4.79 Å². The summed E-state index contributed by atoms with van der Waals surface area (Å²) in [5.74, 6) is 0.221. The van der Waals surface area contributed by atoms with E-state index < -0.39 is 0 Å². The van der Waals surface area contributed by atoms with E-state index in [1.165, 1.54) is 0 Å². The summed E-state index contributed by atoms with van der Waals surface area (Å²) in [6, 6.07) is 0.270. The van der Waals surface area contributed by atoms with Gasteiger partial charge in [0.15, 0.2) is 0 Å². The average Bonchev–Trinajstić information content (AvgIpc) is 2.42. The van der Waals surface area contributed by atoms with E-state index in [0.717, 1.165) is 58.0 Å². The molecule has 104 valence electrons. The van der Waals surface area contributed by atoms with Crippen molar-refractivity contribution in [2.75, 3.05) is 13.1 Å². The minimum Gasteiger partial charge on any atom is -0.393 e. The molecule has 1 atom stereocenters. The number of amides is 1. The molecule has 18 heavy (non-hydrogen) atoms. The average molecular weight is 254 g/mol. The van der Waals surface area contributed by atoms with Gasteiger partial charge in [0.25, 0.3) is 0 Å². The zero-order valence-corrected chi connectivity index (χ0v) is 11.4. The minimum atomic E-state index is -0.200. The van der Waals surface area contributed by atoms with Crippen molar-refractivity contribution in [1.29, 1.82) is 0 Å². The lowest BCUT2D eigenvalue weighted by atomic mass is 9.77. The van der Waals surface area contributed by atoms with Gasteiger partial charge in [-0.3, -0.25) is 4.79 Å². The van der Waals surface area contributed by atoms with Gasteiger partial charge in [0, 0.05) is 12.6 Å². The Kier molecular flexibility index (Phi) is 4.62. The first-order valence-corrected chi connectivity index (χ1v) is 7.36. The van der Waals surface area contributed by atoms with Crippen LogP contribution in [0.4, 0.5) is 0 Å². The summed E-state index contributed by atoms with van der Waals surface area (Å²) in [5, 5.41) is 16.0. The SMILES string of the molecule is CCC1(C(=O)NC2CCC(O)CC2)CCCNC1. The van der Waals surface area contributed by atoms with Gasteiger partial charge in [-0.1, -0.05) is 6.92 Å². The molecule has 0 radical (unpaired) electrons. The van der Waals surface area contributed by atoms with Crippen LogP contribution in [0, 0.1) is 5.41 Å². The van der Waals surface area contributed by atoms with Crippen molar-refractivity contribution in [1.82, 2.24) is 10.6 Å². The molecular formula is C14H26N2O2. The Hall–Kier alpha value is -0.610. The molecule has 1 saturated heterocycles. The number of carbonyl (C=O) groups is 1. The standard InChI is InChI=1S/C14H26N2O2/c1-2-14(8-3-9-15-10-14)13(18)16-11-4-6-12(17)7-5-11/h11-12,15,17H,2-10H2,1H3,(H,16,18). The van der Waals surface area contributed by atoms with Crippen LogP contribution in [0.25, 0.3) is 0 Å². The molecule has 0 aromatic rings. The Labute approximate surface area is 110 Å². The number of rotatable bonds is 3. The van der Waals surface area contributed by atoms with Crippen LogP contribution in [0.1, 0.15) is 51.9 Å². The van der Waals surface area contributed by atoms with Gasteiger partial charge in [-0.25, -0.2) is 0 Å². The monoisotopic (exact) mass is 254 g/mol. The summed E-state index contributed by atoms with van der Waals surface area (Å²) >= 11 is 0. The van der Waals surface area contributed by atoms with E-state index in [4.69, 9.17) is 0 Å². The molecule has 3 N–H and O–H groups in total. The summed E-state index contributed by atoms with van der Waals surface area (Å²) < 4.78 is 0. The summed E-state index contributed by atoms with van der Waals surface area (Å²) in [6.07, 6.45) is 6.31. The van der Waals surface area contributed by atoms with Crippen LogP contribution in [-0.4, -0.2) is 36.2 Å². The molecule has 1 amide bonds. The number of nitrogens with one attached hydrogen (secondary N) is 2. The van der Waals surface area contributed by atoms with Crippen LogP contribution in [0.5, 0.6) is 0 Å². The smallest absolute Gasteiger partial charge is 0.227 e. The van der Waals surface area contributed by atoms with Gasteiger partial charge in [-0.15, -0.1) is 0 Å². The predicted molar refractivity (Wildman–Crippen MR) is 71.2 cm³/mol. The van der Waals surface area contributed by atoms with Gasteiger partial charge >= 0.3 is 0 Å². The first-order chi connectivity index (χ1) is 8.66. The number of hydrogen-bond acceptors (Lipinski definition) is 3. The van der Waals surface area contributed by atoms with Crippen molar-refractivity contribution in [2.24, 2.45) is 5.41 Å². The first kappa shape index (κ1) is 13.8. The van der Waals surface area contributed by atoms with Crippen molar-refractivity contribution in [3.8, 4) is 0 Å². The maximum absolute atomic E-state index is 12.5. The second kappa shape index (κ2) is 6.02. The lowest BCUT2D eigenvalue weighted by Gasteiger charge is -2.37. The predicted octanol–water partition coefficient (Wildman–Crippen LogP) is 1.19. The molecule has 2 rings (SSSR count). The molecule has 0 spiro atoms. The fourth-order valence-corrected chi connectivity index (χ4v) is 3.18. The van der Waals surface area contributed by atoms with Gasteiger partial charge in [-0.05, 0) is 51.5 Å². The maximum Gasteiger partial charge on any atom is 0.227 e. The highest BCUT2D eigenvalue weighted by molar-refractivity contribution is 5.83. The van der Waals surface area contributed by atoms with Gasteiger partial charge in [-0.2, -0.15) is 0 Å². The van der Waals surface area contributed by atoms with Crippen LogP contribution in [0.2, 0.25) is 0 Å². The van der Waals surface area contributed by atoms with Crippen LogP contribution >= 0.6 is 0 Å². The lowest BCUT2D eigenvalue weighted by Crippen LogP contribution is -2.53. The Balaban J connectivity index is 1.89. The van der Waals surface area contributed by atoms with Crippen molar-refractivity contribution in [2.45, 2.75) is 64.0 Å².